The second kappa shape index (κ2) is 69.1. The van der Waals surface area contributed by atoms with Gasteiger partial charge in [0.2, 0.25) is 0 Å². The Hall–Kier alpha value is -4.83. The van der Waals surface area contributed by atoms with E-state index < -0.39 is 24.3 Å². The van der Waals surface area contributed by atoms with Crippen LogP contribution in [0.3, 0.4) is 0 Å². The zero-order valence-corrected chi connectivity index (χ0v) is 57.8. The van der Waals surface area contributed by atoms with E-state index in [4.69, 9.17) is 18.9 Å². The summed E-state index contributed by atoms with van der Waals surface area (Å²) in [5.41, 5.74) is 0. The SMILES string of the molecule is CC/C=C\C/C=C\C/C=C\C/C=C\C/C=C\C/C=C\CCCCCCCCCCCCCCCCCCCCC(=O)OC(COC(=O)CCCCCCCCCC/C=C\C/C=C\C/C=C\C/C=C\C/C=C\C/C=C\CC)COC(OCC[N+](C)(C)C)C(=O)O. The van der Waals surface area contributed by atoms with Gasteiger partial charge in [0, 0.05) is 12.8 Å². The van der Waals surface area contributed by atoms with E-state index >= 15 is 0 Å². The molecule has 0 aromatic rings. The second-order valence-corrected chi connectivity index (χ2v) is 24.8. The number of hydrogen-bond acceptors (Lipinski definition) is 7. The van der Waals surface area contributed by atoms with E-state index in [-0.39, 0.29) is 38.6 Å². The molecule has 0 aliphatic heterocycles. The molecular weight excluding hydrogens is 1100 g/mol. The number of hydrogen-bond donors (Lipinski definition) is 1. The van der Waals surface area contributed by atoms with Crippen LogP contribution in [0.25, 0.3) is 0 Å². The molecule has 0 bridgehead atoms. The van der Waals surface area contributed by atoms with Gasteiger partial charge in [0.05, 0.1) is 34.4 Å². The van der Waals surface area contributed by atoms with Crippen LogP contribution in [0.5, 0.6) is 0 Å². The van der Waals surface area contributed by atoms with Gasteiger partial charge in [-0.05, 0) is 116 Å². The molecule has 0 aromatic heterocycles. The van der Waals surface area contributed by atoms with E-state index in [1.807, 2.05) is 21.1 Å². The van der Waals surface area contributed by atoms with Crippen molar-refractivity contribution >= 4 is 17.9 Å². The number of carboxylic acids is 1. The number of likely N-dealkylation sites (N-methyl/N-ethyl adjacent to an activating group) is 1. The number of allylic oxidation sites excluding steroid dienone is 24. The van der Waals surface area contributed by atoms with Crippen LogP contribution in [0.1, 0.15) is 284 Å². The second-order valence-electron chi connectivity index (χ2n) is 24.8. The third kappa shape index (κ3) is 70.5. The lowest BCUT2D eigenvalue weighted by Gasteiger charge is -2.25. The van der Waals surface area contributed by atoms with Gasteiger partial charge in [-0.15, -0.1) is 0 Å². The Morgan fingerprint density at radius 3 is 0.899 bits per heavy atom. The van der Waals surface area contributed by atoms with E-state index in [1.54, 1.807) is 0 Å². The Morgan fingerprint density at radius 2 is 0.607 bits per heavy atom. The van der Waals surface area contributed by atoms with E-state index in [1.165, 1.54) is 128 Å². The third-order valence-corrected chi connectivity index (χ3v) is 15.1. The highest BCUT2D eigenvalue weighted by Crippen LogP contribution is 2.17. The van der Waals surface area contributed by atoms with E-state index in [9.17, 15) is 19.5 Å². The predicted molar refractivity (Wildman–Crippen MR) is 382 cm³/mol. The van der Waals surface area contributed by atoms with Crippen LogP contribution in [0.4, 0.5) is 0 Å². The predicted octanol–water partition coefficient (Wildman–Crippen LogP) is 22.7. The summed E-state index contributed by atoms with van der Waals surface area (Å²) in [5.74, 6) is -2.02. The summed E-state index contributed by atoms with van der Waals surface area (Å²) in [6.07, 6.45) is 98.2. The highest BCUT2D eigenvalue weighted by molar-refractivity contribution is 5.71. The van der Waals surface area contributed by atoms with E-state index in [2.05, 4.69) is 160 Å². The minimum atomic E-state index is -1.52. The van der Waals surface area contributed by atoms with Gasteiger partial charge in [-0.2, -0.15) is 0 Å². The number of esters is 2. The molecule has 89 heavy (non-hydrogen) atoms. The lowest BCUT2D eigenvalue weighted by molar-refractivity contribution is -0.870. The molecule has 0 saturated carbocycles. The molecule has 0 fully saturated rings. The summed E-state index contributed by atoms with van der Waals surface area (Å²) >= 11 is 0. The van der Waals surface area contributed by atoms with Crippen molar-refractivity contribution in [1.82, 2.24) is 0 Å². The number of ether oxygens (including phenoxy) is 4. The van der Waals surface area contributed by atoms with Crippen LogP contribution in [-0.2, 0) is 33.3 Å². The first-order valence-corrected chi connectivity index (χ1v) is 36.0. The number of nitrogens with zero attached hydrogens (tertiary/aromatic N) is 1. The van der Waals surface area contributed by atoms with Crippen LogP contribution in [0.15, 0.2) is 146 Å². The molecule has 2 unspecified atom stereocenters. The molecule has 0 aliphatic carbocycles. The Bertz CT molecular complexity index is 1970. The molecule has 506 valence electrons. The van der Waals surface area contributed by atoms with Gasteiger partial charge in [-0.3, -0.25) is 9.59 Å². The van der Waals surface area contributed by atoms with Gasteiger partial charge in [0.1, 0.15) is 13.2 Å². The molecule has 9 nitrogen and oxygen atoms in total. The minimum absolute atomic E-state index is 0.181. The average Bonchev–Trinajstić information content (AvgIpc) is 3.70. The van der Waals surface area contributed by atoms with Crippen molar-refractivity contribution in [2.75, 3.05) is 47.5 Å². The Balaban J connectivity index is 4.12. The smallest absolute Gasteiger partial charge is 0.361 e. The Morgan fingerprint density at radius 1 is 0.337 bits per heavy atom. The lowest BCUT2D eigenvalue weighted by atomic mass is 10.0. The first kappa shape index (κ1) is 84.2. The molecule has 0 radical (unpaired) electrons. The highest BCUT2D eigenvalue weighted by atomic mass is 16.7. The van der Waals surface area contributed by atoms with Crippen molar-refractivity contribution in [2.45, 2.75) is 296 Å². The quantitative estimate of drug-likeness (QED) is 0.0211. The Labute approximate surface area is 547 Å². The van der Waals surface area contributed by atoms with Crippen LogP contribution >= 0.6 is 0 Å². The molecule has 0 amide bonds. The van der Waals surface area contributed by atoms with Crippen molar-refractivity contribution in [2.24, 2.45) is 0 Å². The first-order valence-electron chi connectivity index (χ1n) is 36.0. The standard InChI is InChI=1S/C80H133NO8/c1-6-8-10-12-14-16-18-20-22-24-26-28-30-32-34-35-36-37-38-39-40-41-42-43-45-47-49-51-53-55-57-59-61-63-65-67-69-71-78(83)89-76(75-88-80(79(84)85)86-73-72-81(3,4)5)74-87-77(82)70-68-66-64-62-60-58-56-54-52-50-48-46-44-33-31-29-27-25-23-21-19-17-15-13-11-9-7-2/h8-11,14-17,20-23,26-29,32-34,36-37,44,48,50,76,80H,6-7,12-13,18-19,24-25,30-31,35,38-43,45-47,49,51-75H2,1-5H3/p+1/b10-8-,11-9-,16-14-,17-15-,22-20-,23-21-,28-26-,29-27-,34-32-,37-36-,44-33-,50-48-. The van der Waals surface area contributed by atoms with Gasteiger partial charge in [0.15, 0.2) is 6.10 Å². The molecule has 0 heterocycles. The van der Waals surface area contributed by atoms with Gasteiger partial charge in [-0.1, -0.05) is 301 Å². The minimum Gasteiger partial charge on any atom is -0.477 e. The van der Waals surface area contributed by atoms with Gasteiger partial charge in [-0.25, -0.2) is 4.79 Å². The van der Waals surface area contributed by atoms with Gasteiger partial charge < -0.3 is 28.5 Å². The van der Waals surface area contributed by atoms with Crippen molar-refractivity contribution in [1.29, 1.82) is 0 Å². The van der Waals surface area contributed by atoms with Crippen molar-refractivity contribution in [3.8, 4) is 0 Å². The fraction of sp³-hybridized carbons (Fsp3) is 0.662. The summed E-state index contributed by atoms with van der Waals surface area (Å²) < 4.78 is 23.0. The van der Waals surface area contributed by atoms with Gasteiger partial charge in [0.25, 0.3) is 6.29 Å². The van der Waals surface area contributed by atoms with Crippen LogP contribution in [-0.4, -0.2) is 87.4 Å². The summed E-state index contributed by atoms with van der Waals surface area (Å²) in [6, 6.07) is 0. The average molecular weight is 1240 g/mol. The molecular formula is C80H134NO8+. The number of aliphatic carboxylic acids is 1. The van der Waals surface area contributed by atoms with Crippen molar-refractivity contribution in [3.05, 3.63) is 146 Å². The first-order chi connectivity index (χ1) is 43.6. The van der Waals surface area contributed by atoms with Crippen LogP contribution in [0, 0.1) is 0 Å². The summed E-state index contributed by atoms with van der Waals surface area (Å²) in [5, 5.41) is 9.75. The fourth-order valence-corrected chi connectivity index (χ4v) is 9.67. The van der Waals surface area contributed by atoms with E-state index in [0.717, 1.165) is 122 Å². The molecule has 0 spiro atoms. The maximum Gasteiger partial charge on any atom is 0.361 e. The number of unbranched alkanes of at least 4 members (excludes halogenated alkanes) is 26. The zero-order chi connectivity index (χ0) is 64.7. The topological polar surface area (TPSA) is 108 Å². The number of carboxylic acid groups (broad SMARTS) is 1. The highest BCUT2D eigenvalue weighted by Gasteiger charge is 2.25. The summed E-state index contributed by atoms with van der Waals surface area (Å²) in [6.45, 7) is 4.65. The molecule has 1 N–H and O–H groups in total. The third-order valence-electron chi connectivity index (χ3n) is 15.1. The number of rotatable bonds is 65. The summed E-state index contributed by atoms with van der Waals surface area (Å²) in [4.78, 5) is 37.7. The number of carbonyl (C=O) groups is 3. The number of carbonyl (C=O) groups excluding carboxylic acids is 2. The lowest BCUT2D eigenvalue weighted by Crippen LogP contribution is -2.40. The fourth-order valence-electron chi connectivity index (χ4n) is 9.67. The zero-order valence-electron chi connectivity index (χ0n) is 57.8. The van der Waals surface area contributed by atoms with E-state index in [0.29, 0.717) is 17.4 Å². The molecule has 0 aliphatic rings. The van der Waals surface area contributed by atoms with Gasteiger partial charge >= 0.3 is 17.9 Å². The van der Waals surface area contributed by atoms with Crippen LogP contribution in [0.2, 0.25) is 0 Å². The monoisotopic (exact) mass is 1240 g/mol. The Kier molecular flexibility index (Phi) is 65.3. The normalized spacial score (nSPS) is 13.6. The summed E-state index contributed by atoms with van der Waals surface area (Å²) in [7, 11) is 5.97. The molecule has 9 heteroatoms. The maximum absolute atomic E-state index is 13.0. The molecule has 0 rings (SSSR count). The molecule has 0 saturated heterocycles. The maximum atomic E-state index is 13.0. The van der Waals surface area contributed by atoms with Crippen molar-refractivity contribution in [3.63, 3.8) is 0 Å². The number of quaternary nitrogens is 1. The van der Waals surface area contributed by atoms with Crippen LogP contribution < -0.4 is 0 Å². The molecule has 2 atom stereocenters. The molecule has 0 aromatic carbocycles. The largest absolute Gasteiger partial charge is 0.477 e. The van der Waals surface area contributed by atoms with Crippen molar-refractivity contribution < 1.29 is 42.9 Å².